The molecule has 27 heavy (non-hydrogen) atoms. The standard InChI is InChI=1S/C26H30N/c1-20-8-6-7-11-25(20)26-19-24(16-17-27(26)2)23-14-12-22(13-15-23)18-21-9-4-3-5-10-21/h6-8,11-17,19,21H,3-5,9-10,18H2,1-2H3/q+1/i18D2. The molecule has 0 aliphatic heterocycles. The molecular formula is C26H30N+. The Morgan fingerprint density at radius 3 is 2.41 bits per heavy atom. The molecule has 1 heteroatoms. The molecular weight excluding hydrogens is 326 g/mol. The Labute approximate surface area is 166 Å². The highest BCUT2D eigenvalue weighted by molar-refractivity contribution is 5.70. The first kappa shape index (κ1) is 15.6. The van der Waals surface area contributed by atoms with Gasteiger partial charge in [0.25, 0.3) is 0 Å². The highest BCUT2D eigenvalue weighted by atomic mass is 14.9. The second-order valence-electron chi connectivity index (χ2n) is 7.78. The van der Waals surface area contributed by atoms with E-state index < -0.39 is 6.37 Å². The fraction of sp³-hybridized carbons (Fsp3) is 0.346. The SMILES string of the molecule is [2H]C([2H])(c1ccc(-c2cc[n+](C)c(-c3ccccc3C)c2)cc1)C1CCCCC1. The molecule has 0 saturated heterocycles. The van der Waals surface area contributed by atoms with Gasteiger partial charge >= 0.3 is 0 Å². The fourth-order valence-electron chi connectivity index (χ4n) is 4.12. The lowest BCUT2D eigenvalue weighted by atomic mass is 9.84. The molecule has 0 N–H and O–H groups in total. The van der Waals surface area contributed by atoms with E-state index in [2.05, 4.69) is 73.3 Å². The lowest BCUT2D eigenvalue weighted by Crippen LogP contribution is -2.30. The Morgan fingerprint density at radius 1 is 0.926 bits per heavy atom. The van der Waals surface area contributed by atoms with E-state index >= 15 is 0 Å². The van der Waals surface area contributed by atoms with E-state index in [0.29, 0.717) is 0 Å². The maximum Gasteiger partial charge on any atom is 0.213 e. The van der Waals surface area contributed by atoms with Gasteiger partial charge in [0.2, 0.25) is 5.69 Å². The minimum Gasteiger partial charge on any atom is -0.201 e. The highest BCUT2D eigenvalue weighted by Gasteiger charge is 2.15. The number of aryl methyl sites for hydroxylation is 2. The summed E-state index contributed by atoms with van der Waals surface area (Å²) in [7, 11) is 2.08. The van der Waals surface area contributed by atoms with Gasteiger partial charge in [-0.25, -0.2) is 4.57 Å². The van der Waals surface area contributed by atoms with Gasteiger partial charge in [-0.1, -0.05) is 74.6 Å². The first-order valence-electron chi connectivity index (χ1n) is 11.1. The van der Waals surface area contributed by atoms with Crippen molar-refractivity contribution in [2.24, 2.45) is 13.0 Å². The Morgan fingerprint density at radius 2 is 1.67 bits per heavy atom. The van der Waals surface area contributed by atoms with Crippen molar-refractivity contribution in [1.29, 1.82) is 0 Å². The number of hydrogen-bond acceptors (Lipinski definition) is 0. The van der Waals surface area contributed by atoms with E-state index in [4.69, 9.17) is 2.74 Å². The van der Waals surface area contributed by atoms with Crippen molar-refractivity contribution in [1.82, 2.24) is 0 Å². The van der Waals surface area contributed by atoms with Gasteiger partial charge in [0.05, 0.1) is 0 Å². The molecule has 1 aliphatic rings. The van der Waals surface area contributed by atoms with Gasteiger partial charge in [0.15, 0.2) is 6.20 Å². The summed E-state index contributed by atoms with van der Waals surface area (Å²) < 4.78 is 19.6. The summed E-state index contributed by atoms with van der Waals surface area (Å²) in [5.41, 5.74) is 6.78. The molecule has 0 atom stereocenters. The molecule has 0 radical (unpaired) electrons. The van der Waals surface area contributed by atoms with Crippen LogP contribution in [0.4, 0.5) is 0 Å². The molecule has 138 valence electrons. The van der Waals surface area contributed by atoms with Crippen molar-refractivity contribution in [2.75, 3.05) is 0 Å². The number of hydrogen-bond donors (Lipinski definition) is 0. The molecule has 2 aromatic carbocycles. The van der Waals surface area contributed by atoms with Crippen LogP contribution in [0, 0.1) is 12.8 Å². The van der Waals surface area contributed by atoms with Crippen LogP contribution in [0.25, 0.3) is 22.4 Å². The summed E-state index contributed by atoms with van der Waals surface area (Å²) in [4.78, 5) is 0. The third-order valence-corrected chi connectivity index (χ3v) is 5.77. The maximum atomic E-state index is 8.70. The minimum atomic E-state index is -1.24. The van der Waals surface area contributed by atoms with Crippen LogP contribution in [0.3, 0.4) is 0 Å². The van der Waals surface area contributed by atoms with Crippen molar-refractivity contribution < 1.29 is 7.31 Å². The van der Waals surface area contributed by atoms with Gasteiger partial charge < -0.3 is 0 Å². The monoisotopic (exact) mass is 358 g/mol. The quantitative estimate of drug-likeness (QED) is 0.483. The Bertz CT molecular complexity index is 986. The number of benzene rings is 2. The average molecular weight is 359 g/mol. The highest BCUT2D eigenvalue weighted by Crippen LogP contribution is 2.29. The van der Waals surface area contributed by atoms with Crippen LogP contribution in [-0.2, 0) is 13.4 Å². The van der Waals surface area contributed by atoms with E-state index in [9.17, 15) is 0 Å². The smallest absolute Gasteiger partial charge is 0.201 e. The van der Waals surface area contributed by atoms with Crippen LogP contribution in [0.5, 0.6) is 0 Å². The normalized spacial score (nSPS) is 16.7. The van der Waals surface area contributed by atoms with E-state index in [1.807, 2.05) is 12.1 Å². The molecule has 0 unspecified atom stereocenters. The predicted octanol–water partition coefficient (Wildman–Crippen LogP) is 6.28. The predicted molar refractivity (Wildman–Crippen MR) is 114 cm³/mol. The van der Waals surface area contributed by atoms with Crippen LogP contribution < -0.4 is 4.57 Å². The van der Waals surface area contributed by atoms with E-state index in [-0.39, 0.29) is 5.92 Å². The van der Waals surface area contributed by atoms with E-state index in [1.165, 1.54) is 23.2 Å². The topological polar surface area (TPSA) is 3.88 Å². The molecule has 0 spiro atoms. The Hall–Kier alpha value is -2.41. The molecule has 1 aliphatic carbocycles. The number of nitrogens with zero attached hydrogens (tertiary/aromatic N) is 1. The van der Waals surface area contributed by atoms with Gasteiger partial charge in [-0.2, -0.15) is 0 Å². The summed E-state index contributed by atoms with van der Waals surface area (Å²) in [6, 6.07) is 21.0. The molecule has 0 bridgehead atoms. The van der Waals surface area contributed by atoms with Crippen molar-refractivity contribution in [3.8, 4) is 22.4 Å². The van der Waals surface area contributed by atoms with Gasteiger partial charge in [0, 0.05) is 20.4 Å². The van der Waals surface area contributed by atoms with Crippen LogP contribution in [0.1, 0.15) is 46.0 Å². The van der Waals surface area contributed by atoms with Crippen LogP contribution in [0.2, 0.25) is 0 Å². The van der Waals surface area contributed by atoms with E-state index in [1.54, 1.807) is 0 Å². The van der Waals surface area contributed by atoms with Gasteiger partial charge in [0.1, 0.15) is 7.05 Å². The number of aromatic nitrogens is 1. The zero-order valence-electron chi connectivity index (χ0n) is 18.4. The molecule has 4 rings (SSSR count). The molecule has 1 aromatic heterocycles. The van der Waals surface area contributed by atoms with E-state index in [0.717, 1.165) is 42.4 Å². The van der Waals surface area contributed by atoms with Crippen molar-refractivity contribution in [3.63, 3.8) is 0 Å². The molecule has 1 fully saturated rings. The molecule has 0 amide bonds. The lowest BCUT2D eigenvalue weighted by Gasteiger charge is -2.21. The largest absolute Gasteiger partial charge is 0.213 e. The number of pyridine rings is 1. The fourth-order valence-corrected chi connectivity index (χ4v) is 4.12. The third kappa shape index (κ3) is 4.13. The van der Waals surface area contributed by atoms with Crippen LogP contribution in [-0.4, -0.2) is 0 Å². The summed E-state index contributed by atoms with van der Waals surface area (Å²) in [6.45, 7) is 2.14. The first-order valence-corrected chi connectivity index (χ1v) is 10.1. The maximum absolute atomic E-state index is 8.70. The van der Waals surface area contributed by atoms with Gasteiger partial charge in [-0.05, 0) is 47.5 Å². The minimum absolute atomic E-state index is 0.144. The van der Waals surface area contributed by atoms with Crippen LogP contribution >= 0.6 is 0 Å². The number of rotatable bonds is 4. The molecule has 3 aromatic rings. The van der Waals surface area contributed by atoms with Crippen molar-refractivity contribution in [2.45, 2.75) is 45.4 Å². The third-order valence-electron chi connectivity index (χ3n) is 5.77. The second kappa shape index (κ2) is 8.08. The molecule has 1 saturated carbocycles. The van der Waals surface area contributed by atoms with Gasteiger partial charge in [-0.3, -0.25) is 0 Å². The Balaban J connectivity index is 1.64. The Kier molecular flexibility index (Phi) is 4.68. The average Bonchev–Trinajstić information content (AvgIpc) is 2.75. The molecule has 1 nitrogen and oxygen atoms in total. The second-order valence-corrected chi connectivity index (χ2v) is 7.78. The summed E-state index contributed by atoms with van der Waals surface area (Å²) in [6.07, 6.45) is 6.43. The van der Waals surface area contributed by atoms with Crippen molar-refractivity contribution in [3.05, 3.63) is 78.0 Å². The van der Waals surface area contributed by atoms with Crippen molar-refractivity contribution >= 4 is 0 Å². The zero-order valence-corrected chi connectivity index (χ0v) is 16.4. The summed E-state index contributed by atoms with van der Waals surface area (Å²) >= 11 is 0. The molecule has 1 heterocycles. The zero-order chi connectivity index (χ0) is 20.4. The summed E-state index contributed by atoms with van der Waals surface area (Å²) in [5.74, 6) is 0.144. The van der Waals surface area contributed by atoms with Gasteiger partial charge in [-0.15, -0.1) is 0 Å². The summed E-state index contributed by atoms with van der Waals surface area (Å²) in [5, 5.41) is 0. The van der Waals surface area contributed by atoms with Crippen LogP contribution in [0.15, 0.2) is 66.9 Å². The lowest BCUT2D eigenvalue weighted by molar-refractivity contribution is -0.660. The first-order chi connectivity index (χ1) is 14.0.